The highest BCUT2D eigenvalue weighted by Gasteiger charge is 2.02. The summed E-state index contributed by atoms with van der Waals surface area (Å²) in [6.07, 6.45) is 2.83. The molecule has 0 bridgehead atoms. The van der Waals surface area contributed by atoms with Gasteiger partial charge in [-0.05, 0) is 20.4 Å². The molecule has 3 heteroatoms. The Hall–Kier alpha value is -0.830. The molecule has 0 saturated carbocycles. The van der Waals surface area contributed by atoms with Crippen molar-refractivity contribution < 1.29 is 0 Å². The molecule has 2 N–H and O–H groups in total. The summed E-state index contributed by atoms with van der Waals surface area (Å²) < 4.78 is 2.19. The molecule has 0 aliphatic carbocycles. The van der Waals surface area contributed by atoms with Crippen molar-refractivity contribution in [2.24, 2.45) is 5.73 Å². The molecule has 0 aromatic carbocycles. The van der Waals surface area contributed by atoms with E-state index in [1.165, 1.54) is 5.69 Å². The molecule has 0 amide bonds. The van der Waals surface area contributed by atoms with Gasteiger partial charge in [0, 0.05) is 24.9 Å². The SMILES string of the molecule is CCn1c(CCN)cnc1C. The Bertz CT molecular complexity index is 227. The van der Waals surface area contributed by atoms with Gasteiger partial charge >= 0.3 is 0 Å². The number of nitrogens with zero attached hydrogens (tertiary/aromatic N) is 2. The molecule has 0 saturated heterocycles. The molecule has 1 heterocycles. The van der Waals surface area contributed by atoms with Gasteiger partial charge in [0.2, 0.25) is 0 Å². The summed E-state index contributed by atoms with van der Waals surface area (Å²) in [4.78, 5) is 4.21. The van der Waals surface area contributed by atoms with E-state index in [4.69, 9.17) is 5.73 Å². The standard InChI is InChI=1S/C8H15N3/c1-3-11-7(2)10-6-8(11)4-5-9/h6H,3-5,9H2,1-2H3. The second kappa shape index (κ2) is 3.53. The zero-order valence-corrected chi connectivity index (χ0v) is 7.17. The van der Waals surface area contributed by atoms with Gasteiger partial charge in [0.05, 0.1) is 0 Å². The average Bonchev–Trinajstić information content (AvgIpc) is 2.33. The average molecular weight is 153 g/mol. The molecular formula is C8H15N3. The second-order valence-electron chi connectivity index (χ2n) is 2.58. The molecule has 62 valence electrons. The van der Waals surface area contributed by atoms with Crippen molar-refractivity contribution in [2.45, 2.75) is 26.8 Å². The predicted octanol–water partition coefficient (Wildman–Crippen LogP) is 0.713. The van der Waals surface area contributed by atoms with Crippen molar-refractivity contribution in [2.75, 3.05) is 6.54 Å². The second-order valence-corrected chi connectivity index (χ2v) is 2.58. The molecule has 0 unspecified atom stereocenters. The van der Waals surface area contributed by atoms with E-state index in [-0.39, 0.29) is 0 Å². The Kier molecular flexibility index (Phi) is 2.65. The van der Waals surface area contributed by atoms with Crippen LogP contribution in [0, 0.1) is 6.92 Å². The summed E-state index contributed by atoms with van der Waals surface area (Å²) in [6, 6.07) is 0. The van der Waals surface area contributed by atoms with Gasteiger partial charge in [0.1, 0.15) is 5.82 Å². The van der Waals surface area contributed by atoms with Crippen LogP contribution in [0.15, 0.2) is 6.20 Å². The predicted molar refractivity (Wildman–Crippen MR) is 45.4 cm³/mol. The van der Waals surface area contributed by atoms with Crippen molar-refractivity contribution in [3.05, 3.63) is 17.7 Å². The molecule has 3 nitrogen and oxygen atoms in total. The Morgan fingerprint density at radius 3 is 2.91 bits per heavy atom. The van der Waals surface area contributed by atoms with Crippen LogP contribution in [0.3, 0.4) is 0 Å². The van der Waals surface area contributed by atoms with E-state index in [1.54, 1.807) is 0 Å². The number of rotatable bonds is 3. The highest BCUT2D eigenvalue weighted by Crippen LogP contribution is 2.03. The maximum atomic E-state index is 5.45. The lowest BCUT2D eigenvalue weighted by atomic mass is 10.3. The van der Waals surface area contributed by atoms with Crippen LogP contribution in [0.1, 0.15) is 18.4 Å². The monoisotopic (exact) mass is 153 g/mol. The van der Waals surface area contributed by atoms with Gasteiger partial charge in [-0.1, -0.05) is 0 Å². The van der Waals surface area contributed by atoms with Crippen LogP contribution in [0.2, 0.25) is 0 Å². The molecule has 0 radical (unpaired) electrons. The first kappa shape index (κ1) is 8.27. The summed E-state index contributed by atoms with van der Waals surface area (Å²) in [5.74, 6) is 1.08. The number of aromatic nitrogens is 2. The van der Waals surface area contributed by atoms with Crippen LogP contribution < -0.4 is 5.73 Å². The minimum atomic E-state index is 0.700. The van der Waals surface area contributed by atoms with E-state index >= 15 is 0 Å². The maximum absolute atomic E-state index is 5.45. The van der Waals surface area contributed by atoms with Crippen molar-refractivity contribution >= 4 is 0 Å². The van der Waals surface area contributed by atoms with E-state index in [0.29, 0.717) is 6.54 Å². The lowest BCUT2D eigenvalue weighted by molar-refractivity contribution is 0.683. The lowest BCUT2D eigenvalue weighted by Crippen LogP contribution is -2.08. The summed E-state index contributed by atoms with van der Waals surface area (Å²) in [6.45, 7) is 5.82. The third-order valence-electron chi connectivity index (χ3n) is 1.85. The summed E-state index contributed by atoms with van der Waals surface area (Å²) in [5.41, 5.74) is 6.70. The van der Waals surface area contributed by atoms with Gasteiger partial charge < -0.3 is 10.3 Å². The Labute approximate surface area is 67.2 Å². The Morgan fingerprint density at radius 2 is 2.36 bits per heavy atom. The molecule has 1 aromatic heterocycles. The summed E-state index contributed by atoms with van der Waals surface area (Å²) in [7, 11) is 0. The van der Waals surface area contributed by atoms with Crippen LogP contribution >= 0.6 is 0 Å². The fourth-order valence-electron chi connectivity index (χ4n) is 1.29. The first-order chi connectivity index (χ1) is 5.29. The maximum Gasteiger partial charge on any atom is 0.105 e. The number of aryl methyl sites for hydroxylation is 1. The van der Waals surface area contributed by atoms with Crippen LogP contribution in [0.5, 0.6) is 0 Å². The van der Waals surface area contributed by atoms with Crippen molar-refractivity contribution in [1.82, 2.24) is 9.55 Å². The van der Waals surface area contributed by atoms with E-state index in [1.807, 2.05) is 13.1 Å². The van der Waals surface area contributed by atoms with Crippen LogP contribution in [0.4, 0.5) is 0 Å². The number of nitrogens with two attached hydrogens (primary N) is 1. The smallest absolute Gasteiger partial charge is 0.105 e. The van der Waals surface area contributed by atoms with E-state index in [0.717, 1.165) is 18.8 Å². The van der Waals surface area contributed by atoms with Gasteiger partial charge in [0.25, 0.3) is 0 Å². The third-order valence-corrected chi connectivity index (χ3v) is 1.85. The fraction of sp³-hybridized carbons (Fsp3) is 0.625. The molecule has 0 atom stereocenters. The van der Waals surface area contributed by atoms with Gasteiger partial charge in [-0.2, -0.15) is 0 Å². The van der Waals surface area contributed by atoms with E-state index in [2.05, 4.69) is 16.5 Å². The highest BCUT2D eigenvalue weighted by atomic mass is 15.1. The fourth-order valence-corrected chi connectivity index (χ4v) is 1.29. The molecule has 0 spiro atoms. The third kappa shape index (κ3) is 1.60. The van der Waals surface area contributed by atoms with Crippen LogP contribution in [-0.4, -0.2) is 16.1 Å². The normalized spacial score (nSPS) is 10.5. The zero-order chi connectivity index (χ0) is 8.27. The summed E-state index contributed by atoms with van der Waals surface area (Å²) in [5, 5.41) is 0. The largest absolute Gasteiger partial charge is 0.333 e. The van der Waals surface area contributed by atoms with Crippen molar-refractivity contribution in [3.8, 4) is 0 Å². The first-order valence-electron chi connectivity index (χ1n) is 4.00. The van der Waals surface area contributed by atoms with Gasteiger partial charge in [-0.25, -0.2) is 4.98 Å². The minimum Gasteiger partial charge on any atom is -0.333 e. The Morgan fingerprint density at radius 1 is 1.64 bits per heavy atom. The molecule has 11 heavy (non-hydrogen) atoms. The van der Waals surface area contributed by atoms with Crippen LogP contribution in [-0.2, 0) is 13.0 Å². The topological polar surface area (TPSA) is 43.8 Å². The molecule has 1 rings (SSSR count). The highest BCUT2D eigenvalue weighted by molar-refractivity contribution is 5.04. The quantitative estimate of drug-likeness (QED) is 0.695. The van der Waals surface area contributed by atoms with E-state index in [9.17, 15) is 0 Å². The molecule has 1 aromatic rings. The summed E-state index contributed by atoms with van der Waals surface area (Å²) >= 11 is 0. The minimum absolute atomic E-state index is 0.700. The van der Waals surface area contributed by atoms with Crippen molar-refractivity contribution in [1.29, 1.82) is 0 Å². The van der Waals surface area contributed by atoms with Gasteiger partial charge in [-0.3, -0.25) is 0 Å². The number of imidazole rings is 1. The Balaban J connectivity index is 2.86. The lowest BCUT2D eigenvalue weighted by Gasteiger charge is -2.04. The van der Waals surface area contributed by atoms with Gasteiger partial charge in [0.15, 0.2) is 0 Å². The van der Waals surface area contributed by atoms with E-state index < -0.39 is 0 Å². The van der Waals surface area contributed by atoms with Gasteiger partial charge in [-0.15, -0.1) is 0 Å². The molecular weight excluding hydrogens is 138 g/mol. The molecule has 0 aliphatic rings. The number of hydrogen-bond donors (Lipinski definition) is 1. The first-order valence-corrected chi connectivity index (χ1v) is 4.00. The van der Waals surface area contributed by atoms with Crippen molar-refractivity contribution in [3.63, 3.8) is 0 Å². The molecule has 0 fully saturated rings. The zero-order valence-electron chi connectivity index (χ0n) is 7.17. The van der Waals surface area contributed by atoms with Crippen LogP contribution in [0.25, 0.3) is 0 Å². The molecule has 0 aliphatic heterocycles. The number of hydrogen-bond acceptors (Lipinski definition) is 2.